The molecule has 1 atom stereocenters. The Morgan fingerprint density at radius 1 is 1.14 bits per heavy atom. The Morgan fingerprint density at radius 3 is 2.33 bits per heavy atom. The first-order valence-corrected chi connectivity index (χ1v) is 8.73. The highest BCUT2D eigenvalue weighted by molar-refractivity contribution is 6.31. The topological polar surface area (TPSA) is 12.0 Å². The summed E-state index contributed by atoms with van der Waals surface area (Å²) in [5.74, 6) is 0.884. The lowest BCUT2D eigenvalue weighted by atomic mass is 9.71. The number of halogens is 1. The van der Waals surface area contributed by atoms with E-state index in [1.54, 1.807) is 0 Å². The van der Waals surface area contributed by atoms with Gasteiger partial charge < -0.3 is 5.32 Å². The van der Waals surface area contributed by atoms with Crippen molar-refractivity contribution in [1.82, 2.24) is 5.32 Å². The fourth-order valence-electron chi connectivity index (χ4n) is 3.58. The third-order valence-electron chi connectivity index (χ3n) is 4.96. The van der Waals surface area contributed by atoms with Gasteiger partial charge in [0.15, 0.2) is 0 Å². The van der Waals surface area contributed by atoms with Crippen molar-refractivity contribution >= 4 is 11.6 Å². The van der Waals surface area contributed by atoms with E-state index >= 15 is 0 Å². The third kappa shape index (κ3) is 5.00. The van der Waals surface area contributed by atoms with Crippen LogP contribution >= 0.6 is 11.6 Å². The van der Waals surface area contributed by atoms with Crippen molar-refractivity contribution < 1.29 is 0 Å². The van der Waals surface area contributed by atoms with E-state index in [4.69, 9.17) is 11.6 Å². The predicted molar refractivity (Wildman–Crippen MR) is 93.0 cm³/mol. The molecule has 1 nitrogen and oxygen atoms in total. The second-order valence-corrected chi connectivity index (χ2v) is 8.19. The Bertz CT molecular complexity index is 441. The minimum absolute atomic E-state index is 0.466. The molecule has 1 N–H and O–H groups in total. The molecule has 21 heavy (non-hydrogen) atoms. The molecule has 0 saturated heterocycles. The van der Waals surface area contributed by atoms with Crippen LogP contribution < -0.4 is 5.32 Å². The molecule has 2 rings (SSSR count). The molecule has 0 aromatic heterocycles. The van der Waals surface area contributed by atoms with Crippen LogP contribution in [0.25, 0.3) is 0 Å². The van der Waals surface area contributed by atoms with Crippen LogP contribution in [-0.4, -0.2) is 12.1 Å². The van der Waals surface area contributed by atoms with E-state index < -0.39 is 0 Å². The van der Waals surface area contributed by atoms with Crippen LogP contribution in [0, 0.1) is 11.3 Å². The van der Waals surface area contributed by atoms with E-state index in [1.165, 1.54) is 31.2 Å². The average Bonchev–Trinajstić information content (AvgIpc) is 2.41. The van der Waals surface area contributed by atoms with Crippen LogP contribution in [0.5, 0.6) is 0 Å². The lowest BCUT2D eigenvalue weighted by Crippen LogP contribution is -2.41. The first-order chi connectivity index (χ1) is 9.86. The Hall–Kier alpha value is -0.530. The molecule has 1 saturated carbocycles. The van der Waals surface area contributed by atoms with Gasteiger partial charge in [-0.25, -0.2) is 0 Å². The number of nitrogens with one attached hydrogen (secondary N) is 1. The molecule has 1 aromatic rings. The summed E-state index contributed by atoms with van der Waals surface area (Å²) in [6, 6.07) is 9.36. The maximum atomic E-state index is 6.25. The first-order valence-electron chi connectivity index (χ1n) is 8.35. The maximum Gasteiger partial charge on any atom is 0.0438 e. The van der Waals surface area contributed by atoms with Crippen molar-refractivity contribution in [1.29, 1.82) is 0 Å². The average molecular weight is 308 g/mol. The van der Waals surface area contributed by atoms with Crippen molar-refractivity contribution in [3.8, 4) is 0 Å². The summed E-state index contributed by atoms with van der Waals surface area (Å²) in [7, 11) is 0. The van der Waals surface area contributed by atoms with Gasteiger partial charge in [0.1, 0.15) is 0 Å². The fraction of sp³-hybridized carbons (Fsp3) is 0.684. The number of benzene rings is 1. The third-order valence-corrected chi connectivity index (χ3v) is 5.32. The Labute approximate surface area is 135 Å². The highest BCUT2D eigenvalue weighted by atomic mass is 35.5. The van der Waals surface area contributed by atoms with E-state index in [0.717, 1.165) is 17.4 Å². The van der Waals surface area contributed by atoms with Gasteiger partial charge in [-0.15, -0.1) is 0 Å². The van der Waals surface area contributed by atoms with E-state index in [9.17, 15) is 0 Å². The minimum atomic E-state index is 0.466. The largest absolute Gasteiger partial charge is 0.311 e. The molecule has 2 heteroatoms. The summed E-state index contributed by atoms with van der Waals surface area (Å²) in [5, 5.41) is 4.70. The molecular formula is C19H30ClN. The summed E-state index contributed by atoms with van der Waals surface area (Å²) < 4.78 is 0. The zero-order valence-electron chi connectivity index (χ0n) is 14.0. The highest BCUT2D eigenvalue weighted by Crippen LogP contribution is 2.37. The van der Waals surface area contributed by atoms with Crippen molar-refractivity contribution in [3.63, 3.8) is 0 Å². The summed E-state index contributed by atoms with van der Waals surface area (Å²) in [6.07, 6.45) is 6.36. The molecule has 0 aliphatic heterocycles. The lowest BCUT2D eigenvalue weighted by molar-refractivity contribution is 0.157. The quantitative estimate of drug-likeness (QED) is 0.778. The molecule has 0 bridgehead atoms. The Kier molecular flexibility index (Phi) is 5.73. The molecule has 1 fully saturated rings. The van der Waals surface area contributed by atoms with Crippen LogP contribution in [0.2, 0.25) is 5.02 Å². The van der Waals surface area contributed by atoms with Crippen molar-refractivity contribution in [2.75, 3.05) is 0 Å². The van der Waals surface area contributed by atoms with Gasteiger partial charge in [0.25, 0.3) is 0 Å². The van der Waals surface area contributed by atoms with Gasteiger partial charge in [0, 0.05) is 17.1 Å². The lowest BCUT2D eigenvalue weighted by Gasteiger charge is -2.38. The van der Waals surface area contributed by atoms with Crippen LogP contribution in [0.15, 0.2) is 24.3 Å². The summed E-state index contributed by atoms with van der Waals surface area (Å²) in [4.78, 5) is 0. The summed E-state index contributed by atoms with van der Waals surface area (Å²) in [6.45, 7) is 9.42. The normalized spacial score (nSPS) is 24.8. The van der Waals surface area contributed by atoms with Gasteiger partial charge in [-0.3, -0.25) is 0 Å². The molecule has 1 aliphatic rings. The van der Waals surface area contributed by atoms with Crippen LogP contribution in [-0.2, 0) is 6.42 Å². The van der Waals surface area contributed by atoms with Gasteiger partial charge in [-0.2, -0.15) is 0 Å². The van der Waals surface area contributed by atoms with Gasteiger partial charge in [0.2, 0.25) is 0 Å². The van der Waals surface area contributed by atoms with Crippen LogP contribution in [0.4, 0.5) is 0 Å². The summed E-state index contributed by atoms with van der Waals surface area (Å²) in [5.41, 5.74) is 1.72. The monoisotopic (exact) mass is 307 g/mol. The standard InChI is InChI=1S/C19H30ClN/c1-14(13-15-7-5-6-8-18(15)20)21-17-11-9-16(10-12-17)19(2,3)4/h5-8,14,16-17,21H,9-13H2,1-4H3. The van der Waals surface area contributed by atoms with E-state index in [2.05, 4.69) is 45.1 Å². The molecule has 0 heterocycles. The van der Waals surface area contributed by atoms with E-state index in [-0.39, 0.29) is 0 Å². The van der Waals surface area contributed by atoms with E-state index in [0.29, 0.717) is 17.5 Å². The number of hydrogen-bond donors (Lipinski definition) is 1. The number of hydrogen-bond acceptors (Lipinski definition) is 1. The highest BCUT2D eigenvalue weighted by Gasteiger charge is 2.29. The van der Waals surface area contributed by atoms with Crippen LogP contribution in [0.1, 0.15) is 58.9 Å². The Balaban J connectivity index is 1.80. The summed E-state index contributed by atoms with van der Waals surface area (Å²) >= 11 is 6.25. The number of rotatable bonds is 4. The molecular weight excluding hydrogens is 278 g/mol. The maximum absolute atomic E-state index is 6.25. The zero-order valence-corrected chi connectivity index (χ0v) is 14.7. The second kappa shape index (κ2) is 7.15. The fourth-order valence-corrected chi connectivity index (χ4v) is 3.79. The van der Waals surface area contributed by atoms with Crippen LogP contribution in [0.3, 0.4) is 0 Å². The second-order valence-electron chi connectivity index (χ2n) is 7.78. The predicted octanol–water partition coefficient (Wildman–Crippen LogP) is 5.47. The smallest absolute Gasteiger partial charge is 0.0438 e. The van der Waals surface area contributed by atoms with Gasteiger partial charge in [-0.1, -0.05) is 50.6 Å². The van der Waals surface area contributed by atoms with Crippen molar-refractivity contribution in [3.05, 3.63) is 34.9 Å². The molecule has 0 radical (unpaired) electrons. The molecule has 0 spiro atoms. The molecule has 1 aromatic carbocycles. The Morgan fingerprint density at radius 2 is 1.76 bits per heavy atom. The van der Waals surface area contributed by atoms with Crippen molar-refractivity contribution in [2.24, 2.45) is 11.3 Å². The van der Waals surface area contributed by atoms with E-state index in [1.807, 2.05) is 12.1 Å². The minimum Gasteiger partial charge on any atom is -0.311 e. The van der Waals surface area contributed by atoms with Gasteiger partial charge in [0.05, 0.1) is 0 Å². The SMILES string of the molecule is CC(Cc1ccccc1Cl)NC1CCC(C(C)(C)C)CC1. The van der Waals surface area contributed by atoms with Gasteiger partial charge in [-0.05, 0) is 62.0 Å². The first kappa shape index (κ1) is 16.8. The molecule has 1 aliphatic carbocycles. The molecule has 118 valence electrons. The van der Waals surface area contributed by atoms with Gasteiger partial charge >= 0.3 is 0 Å². The molecule has 0 amide bonds. The zero-order chi connectivity index (χ0) is 15.5. The van der Waals surface area contributed by atoms with Crippen molar-refractivity contribution in [2.45, 2.75) is 71.9 Å². The molecule has 1 unspecified atom stereocenters.